The quantitative estimate of drug-likeness (QED) is 0.636. The first kappa shape index (κ1) is 12.8. The van der Waals surface area contributed by atoms with Gasteiger partial charge in [-0.15, -0.1) is 0 Å². The fourth-order valence-corrected chi connectivity index (χ4v) is 1.46. The predicted molar refractivity (Wildman–Crippen MR) is 62.6 cm³/mol. The lowest BCUT2D eigenvalue weighted by Crippen LogP contribution is -2.03. The standard InChI is InChI=1S/C13H13NO3/c1-9(12(8-14)13(15)16)7-10-3-5-11(17-2)6-4-10/h3-6H,7H2,1-2H3,(H,15,16). The fourth-order valence-electron chi connectivity index (χ4n) is 1.46. The minimum atomic E-state index is -1.18. The Hall–Kier alpha value is -2.28. The van der Waals surface area contributed by atoms with Gasteiger partial charge in [0.25, 0.3) is 0 Å². The highest BCUT2D eigenvalue weighted by Crippen LogP contribution is 2.16. The molecule has 0 saturated heterocycles. The van der Waals surface area contributed by atoms with Crippen LogP contribution in [0.2, 0.25) is 0 Å². The maximum Gasteiger partial charge on any atom is 0.346 e. The molecule has 1 aromatic rings. The molecule has 0 bridgehead atoms. The van der Waals surface area contributed by atoms with Crippen LogP contribution in [-0.4, -0.2) is 18.2 Å². The molecule has 1 N–H and O–H groups in total. The predicted octanol–water partition coefficient (Wildman–Crippen LogP) is 2.16. The van der Waals surface area contributed by atoms with Crippen molar-refractivity contribution < 1.29 is 14.6 Å². The van der Waals surface area contributed by atoms with Gasteiger partial charge in [0.1, 0.15) is 17.4 Å². The summed E-state index contributed by atoms with van der Waals surface area (Å²) in [5.74, 6) is -0.437. The summed E-state index contributed by atoms with van der Waals surface area (Å²) in [6, 6.07) is 8.99. The van der Waals surface area contributed by atoms with E-state index >= 15 is 0 Å². The van der Waals surface area contributed by atoms with Crippen LogP contribution < -0.4 is 4.74 Å². The highest BCUT2D eigenvalue weighted by molar-refractivity contribution is 5.91. The molecule has 0 aliphatic carbocycles. The molecule has 4 nitrogen and oxygen atoms in total. The summed E-state index contributed by atoms with van der Waals surface area (Å²) in [7, 11) is 1.58. The molecule has 0 radical (unpaired) electrons. The number of hydrogen-bond acceptors (Lipinski definition) is 3. The Morgan fingerprint density at radius 2 is 2.00 bits per heavy atom. The molecule has 0 amide bonds. The van der Waals surface area contributed by atoms with E-state index in [-0.39, 0.29) is 5.57 Å². The molecule has 17 heavy (non-hydrogen) atoms. The number of carbonyl (C=O) groups is 1. The maximum absolute atomic E-state index is 10.8. The number of methoxy groups -OCH3 is 1. The lowest BCUT2D eigenvalue weighted by atomic mass is 10.0. The van der Waals surface area contributed by atoms with E-state index in [0.29, 0.717) is 12.0 Å². The largest absolute Gasteiger partial charge is 0.497 e. The van der Waals surface area contributed by atoms with Crippen molar-refractivity contribution in [1.82, 2.24) is 0 Å². The zero-order valence-corrected chi connectivity index (χ0v) is 9.73. The molecule has 88 valence electrons. The topological polar surface area (TPSA) is 70.3 Å². The number of allylic oxidation sites excluding steroid dienone is 1. The van der Waals surface area contributed by atoms with Crippen molar-refractivity contribution in [3.63, 3.8) is 0 Å². The van der Waals surface area contributed by atoms with Crippen LogP contribution in [0.1, 0.15) is 12.5 Å². The Balaban J connectivity index is 2.91. The summed E-state index contributed by atoms with van der Waals surface area (Å²) in [6.45, 7) is 1.65. The van der Waals surface area contributed by atoms with Gasteiger partial charge in [0.15, 0.2) is 0 Å². The van der Waals surface area contributed by atoms with Crippen LogP contribution in [0.4, 0.5) is 0 Å². The molecule has 0 aliphatic rings. The summed E-state index contributed by atoms with van der Waals surface area (Å²) in [4.78, 5) is 10.8. The molecule has 0 atom stereocenters. The number of carboxylic acids is 1. The Morgan fingerprint density at radius 3 is 2.41 bits per heavy atom. The number of carboxylic acid groups (broad SMARTS) is 1. The van der Waals surface area contributed by atoms with Crippen LogP contribution in [-0.2, 0) is 11.2 Å². The molecule has 0 aromatic heterocycles. The van der Waals surface area contributed by atoms with E-state index in [2.05, 4.69) is 0 Å². The van der Waals surface area contributed by atoms with Crippen molar-refractivity contribution in [2.24, 2.45) is 0 Å². The molecule has 0 unspecified atom stereocenters. The Labute approximate surface area is 99.8 Å². The monoisotopic (exact) mass is 231 g/mol. The Kier molecular flexibility index (Phi) is 4.29. The molecular formula is C13H13NO3. The van der Waals surface area contributed by atoms with Crippen LogP contribution >= 0.6 is 0 Å². The zero-order chi connectivity index (χ0) is 12.8. The first-order valence-electron chi connectivity index (χ1n) is 5.04. The van der Waals surface area contributed by atoms with E-state index in [1.807, 2.05) is 12.1 Å². The summed E-state index contributed by atoms with van der Waals surface area (Å²) in [6.07, 6.45) is 0.444. The molecular weight excluding hydrogens is 218 g/mol. The second-order valence-corrected chi connectivity index (χ2v) is 3.60. The van der Waals surface area contributed by atoms with Gasteiger partial charge in [-0.05, 0) is 36.6 Å². The van der Waals surface area contributed by atoms with Gasteiger partial charge in [0.05, 0.1) is 7.11 Å². The molecule has 4 heteroatoms. The number of ether oxygens (including phenoxy) is 1. The van der Waals surface area contributed by atoms with Gasteiger partial charge < -0.3 is 9.84 Å². The van der Waals surface area contributed by atoms with Gasteiger partial charge in [-0.3, -0.25) is 0 Å². The van der Waals surface area contributed by atoms with E-state index < -0.39 is 5.97 Å². The minimum absolute atomic E-state index is 0.194. The molecule has 0 fully saturated rings. The van der Waals surface area contributed by atoms with Crippen LogP contribution in [0.3, 0.4) is 0 Å². The van der Waals surface area contributed by atoms with Gasteiger partial charge in [0.2, 0.25) is 0 Å². The van der Waals surface area contributed by atoms with E-state index in [9.17, 15) is 4.79 Å². The van der Waals surface area contributed by atoms with Crippen LogP contribution in [0.5, 0.6) is 5.75 Å². The van der Waals surface area contributed by atoms with Crippen LogP contribution in [0.25, 0.3) is 0 Å². The number of aliphatic carboxylic acids is 1. The third kappa shape index (κ3) is 3.35. The first-order chi connectivity index (χ1) is 8.08. The molecule has 0 saturated carbocycles. The van der Waals surface area contributed by atoms with Crippen molar-refractivity contribution in [2.75, 3.05) is 7.11 Å². The lowest BCUT2D eigenvalue weighted by Gasteiger charge is -2.04. The normalized spacial score (nSPS) is 11.4. The second-order valence-electron chi connectivity index (χ2n) is 3.60. The Morgan fingerprint density at radius 1 is 1.41 bits per heavy atom. The molecule has 0 heterocycles. The minimum Gasteiger partial charge on any atom is -0.497 e. The first-order valence-corrected chi connectivity index (χ1v) is 5.04. The van der Waals surface area contributed by atoms with Gasteiger partial charge in [-0.2, -0.15) is 5.26 Å². The number of rotatable bonds is 4. The highest BCUT2D eigenvalue weighted by Gasteiger charge is 2.10. The third-order valence-corrected chi connectivity index (χ3v) is 2.38. The van der Waals surface area contributed by atoms with E-state index in [0.717, 1.165) is 11.3 Å². The van der Waals surface area contributed by atoms with Crippen molar-refractivity contribution in [3.8, 4) is 11.8 Å². The summed E-state index contributed by atoms with van der Waals surface area (Å²) in [5, 5.41) is 17.5. The smallest absolute Gasteiger partial charge is 0.346 e. The molecule has 1 rings (SSSR count). The Bertz CT molecular complexity index is 480. The van der Waals surface area contributed by atoms with E-state index in [1.165, 1.54) is 0 Å². The second kappa shape index (κ2) is 5.71. The average molecular weight is 231 g/mol. The SMILES string of the molecule is COc1ccc(CC(C)=C(C#N)C(=O)O)cc1. The van der Waals surface area contributed by atoms with Crippen molar-refractivity contribution in [3.05, 3.63) is 41.0 Å². The fraction of sp³-hybridized carbons (Fsp3) is 0.231. The highest BCUT2D eigenvalue weighted by atomic mass is 16.5. The van der Waals surface area contributed by atoms with Gasteiger partial charge >= 0.3 is 5.97 Å². The third-order valence-electron chi connectivity index (χ3n) is 2.38. The zero-order valence-electron chi connectivity index (χ0n) is 9.73. The number of benzene rings is 1. The average Bonchev–Trinajstić information content (AvgIpc) is 2.30. The van der Waals surface area contributed by atoms with E-state index in [1.54, 1.807) is 32.2 Å². The summed E-state index contributed by atoms with van der Waals surface area (Å²) in [5.41, 5.74) is 1.29. The number of nitriles is 1. The summed E-state index contributed by atoms with van der Waals surface area (Å²) >= 11 is 0. The van der Waals surface area contributed by atoms with E-state index in [4.69, 9.17) is 15.1 Å². The van der Waals surface area contributed by atoms with Gasteiger partial charge in [-0.25, -0.2) is 4.79 Å². The lowest BCUT2D eigenvalue weighted by molar-refractivity contribution is -0.132. The maximum atomic E-state index is 10.8. The molecule has 1 aromatic carbocycles. The molecule has 0 spiro atoms. The number of nitrogens with zero attached hydrogens (tertiary/aromatic N) is 1. The van der Waals surface area contributed by atoms with Crippen LogP contribution in [0, 0.1) is 11.3 Å². The van der Waals surface area contributed by atoms with Crippen molar-refractivity contribution in [1.29, 1.82) is 5.26 Å². The van der Waals surface area contributed by atoms with Crippen molar-refractivity contribution in [2.45, 2.75) is 13.3 Å². The van der Waals surface area contributed by atoms with Crippen molar-refractivity contribution >= 4 is 5.97 Å². The van der Waals surface area contributed by atoms with Gasteiger partial charge in [0, 0.05) is 0 Å². The summed E-state index contributed by atoms with van der Waals surface area (Å²) < 4.78 is 5.02. The van der Waals surface area contributed by atoms with Crippen LogP contribution in [0.15, 0.2) is 35.4 Å². The molecule has 0 aliphatic heterocycles. The number of hydrogen-bond donors (Lipinski definition) is 1. The van der Waals surface area contributed by atoms with Gasteiger partial charge in [-0.1, -0.05) is 12.1 Å².